The minimum absolute atomic E-state index is 0.0121. The maximum absolute atomic E-state index is 10.9. The van der Waals surface area contributed by atoms with Crippen molar-refractivity contribution in [1.29, 1.82) is 0 Å². The van der Waals surface area contributed by atoms with Crippen LogP contribution in [0.15, 0.2) is 0 Å². The number of carbonyl (C=O) groups excluding carboxylic acids is 1. The van der Waals surface area contributed by atoms with Crippen LogP contribution in [-0.4, -0.2) is 27.4 Å². The second-order valence-corrected chi connectivity index (χ2v) is 4.67. The zero-order valence-electron chi connectivity index (χ0n) is 6.59. The van der Waals surface area contributed by atoms with E-state index < -0.39 is 0 Å². The van der Waals surface area contributed by atoms with Crippen molar-refractivity contribution in [2.45, 2.75) is 29.9 Å². The van der Waals surface area contributed by atoms with Gasteiger partial charge >= 0.3 is 0 Å². The van der Waals surface area contributed by atoms with Crippen LogP contribution in [0.4, 0.5) is 0 Å². The van der Waals surface area contributed by atoms with Crippen molar-refractivity contribution in [3.63, 3.8) is 0 Å². The van der Waals surface area contributed by atoms with Gasteiger partial charge in [-0.25, -0.2) is 0 Å². The maximum atomic E-state index is 10.9. The van der Waals surface area contributed by atoms with Crippen molar-refractivity contribution in [3.05, 3.63) is 0 Å². The number of carbonyl (C=O) groups is 1. The third-order valence-corrected chi connectivity index (χ3v) is 2.80. The highest BCUT2D eigenvalue weighted by Crippen LogP contribution is 2.22. The van der Waals surface area contributed by atoms with Crippen molar-refractivity contribution in [1.82, 2.24) is 4.90 Å². The van der Waals surface area contributed by atoms with E-state index >= 15 is 0 Å². The van der Waals surface area contributed by atoms with Crippen LogP contribution >= 0.6 is 22.6 Å². The molecule has 2 atom stereocenters. The van der Waals surface area contributed by atoms with Crippen molar-refractivity contribution in [3.8, 4) is 0 Å². The molecule has 0 aliphatic carbocycles. The number of nitrogens with two attached hydrogens (primary N) is 1. The van der Waals surface area contributed by atoms with Gasteiger partial charge in [-0.05, 0) is 19.8 Å². The van der Waals surface area contributed by atoms with Gasteiger partial charge in [0, 0.05) is 6.54 Å². The van der Waals surface area contributed by atoms with E-state index in [0.717, 1.165) is 19.4 Å². The summed E-state index contributed by atoms with van der Waals surface area (Å²) in [7, 11) is 0. The Hall–Kier alpha value is 0.160. The first kappa shape index (κ1) is 9.25. The van der Waals surface area contributed by atoms with Crippen molar-refractivity contribution < 1.29 is 4.79 Å². The van der Waals surface area contributed by atoms with Crippen LogP contribution in [-0.2, 0) is 4.79 Å². The fourth-order valence-electron chi connectivity index (χ4n) is 1.52. The lowest BCUT2D eigenvalue weighted by Gasteiger charge is -2.24. The molecular weight excluding hydrogens is 255 g/mol. The summed E-state index contributed by atoms with van der Waals surface area (Å²) in [5.41, 5.74) is 5.24. The van der Waals surface area contributed by atoms with E-state index in [2.05, 4.69) is 34.4 Å². The molecule has 1 heterocycles. The quantitative estimate of drug-likeness (QED) is 0.455. The molecule has 0 aromatic heterocycles. The molecule has 64 valence electrons. The smallest absolute Gasteiger partial charge is 0.234 e. The summed E-state index contributed by atoms with van der Waals surface area (Å²) in [6.45, 7) is 3.10. The number of primary amides is 1. The number of rotatable bonds is 2. The van der Waals surface area contributed by atoms with Crippen LogP contribution in [0, 0.1) is 0 Å². The van der Waals surface area contributed by atoms with Gasteiger partial charge in [-0.15, -0.1) is 0 Å². The molecule has 11 heavy (non-hydrogen) atoms. The van der Waals surface area contributed by atoms with Crippen molar-refractivity contribution in [2.24, 2.45) is 5.73 Å². The molecule has 3 nitrogen and oxygen atoms in total. The highest BCUT2D eigenvalue weighted by Gasteiger charge is 2.30. The first-order valence-electron chi connectivity index (χ1n) is 3.82. The first-order chi connectivity index (χ1) is 5.13. The largest absolute Gasteiger partial charge is 0.368 e. The molecule has 0 saturated carbocycles. The zero-order chi connectivity index (χ0) is 8.43. The Labute approximate surface area is 80.4 Å². The molecule has 4 heteroatoms. The van der Waals surface area contributed by atoms with Gasteiger partial charge in [0.1, 0.15) is 0 Å². The van der Waals surface area contributed by atoms with E-state index in [0.29, 0.717) is 4.05 Å². The van der Waals surface area contributed by atoms with E-state index in [4.69, 9.17) is 5.73 Å². The molecule has 0 aromatic carbocycles. The summed E-state index contributed by atoms with van der Waals surface area (Å²) in [6.07, 6.45) is 2.03. The van der Waals surface area contributed by atoms with Crippen LogP contribution in [0.3, 0.4) is 0 Å². The molecule has 2 unspecified atom stereocenters. The molecule has 1 amide bonds. The number of hydrogen-bond acceptors (Lipinski definition) is 2. The average molecular weight is 268 g/mol. The number of hydrogen-bond donors (Lipinski definition) is 1. The van der Waals surface area contributed by atoms with E-state index in [1.807, 2.05) is 0 Å². The molecule has 1 aliphatic heterocycles. The summed E-state index contributed by atoms with van der Waals surface area (Å²) in [5.74, 6) is -0.175. The third-order valence-electron chi connectivity index (χ3n) is 2.08. The van der Waals surface area contributed by atoms with Gasteiger partial charge in [0.15, 0.2) is 0 Å². The average Bonchev–Trinajstić information content (AvgIpc) is 2.32. The Morgan fingerprint density at radius 1 is 1.82 bits per heavy atom. The Morgan fingerprint density at radius 2 is 2.45 bits per heavy atom. The van der Waals surface area contributed by atoms with E-state index in [9.17, 15) is 4.79 Å². The monoisotopic (exact) mass is 268 g/mol. The Kier molecular flexibility index (Phi) is 3.12. The SMILES string of the molecule is CC(I)N1CCCC1C(N)=O. The highest BCUT2D eigenvalue weighted by atomic mass is 127. The number of alkyl halides is 1. The summed E-state index contributed by atoms with van der Waals surface area (Å²) in [5, 5.41) is 0. The van der Waals surface area contributed by atoms with Gasteiger partial charge in [0.25, 0.3) is 0 Å². The predicted molar refractivity (Wildman–Crippen MR) is 52.4 cm³/mol. The van der Waals surface area contributed by atoms with E-state index in [-0.39, 0.29) is 11.9 Å². The van der Waals surface area contributed by atoms with Crippen LogP contribution in [0.5, 0.6) is 0 Å². The van der Waals surface area contributed by atoms with Crippen LogP contribution in [0.2, 0.25) is 0 Å². The summed E-state index contributed by atoms with van der Waals surface area (Å²) in [6, 6.07) is -0.0121. The second kappa shape index (κ2) is 3.71. The lowest BCUT2D eigenvalue weighted by molar-refractivity contribution is -0.122. The fraction of sp³-hybridized carbons (Fsp3) is 0.857. The molecular formula is C7H13IN2O. The highest BCUT2D eigenvalue weighted by molar-refractivity contribution is 14.1. The molecule has 1 aliphatic rings. The molecule has 0 aromatic rings. The van der Waals surface area contributed by atoms with Gasteiger partial charge in [0.2, 0.25) is 5.91 Å². The predicted octanol–water partition coefficient (Wildman–Crippen LogP) is 0.717. The van der Waals surface area contributed by atoms with Crippen molar-refractivity contribution >= 4 is 28.5 Å². The topological polar surface area (TPSA) is 46.3 Å². The third kappa shape index (κ3) is 2.05. The van der Waals surface area contributed by atoms with Gasteiger partial charge in [-0.2, -0.15) is 0 Å². The maximum Gasteiger partial charge on any atom is 0.234 e. The molecule has 0 spiro atoms. The Balaban J connectivity index is 2.58. The van der Waals surface area contributed by atoms with Gasteiger partial charge in [-0.3, -0.25) is 9.69 Å². The first-order valence-corrected chi connectivity index (χ1v) is 5.06. The molecule has 2 N–H and O–H groups in total. The molecule has 1 fully saturated rings. The lowest BCUT2D eigenvalue weighted by Crippen LogP contribution is -2.42. The van der Waals surface area contributed by atoms with E-state index in [1.165, 1.54) is 0 Å². The second-order valence-electron chi connectivity index (χ2n) is 2.87. The van der Waals surface area contributed by atoms with Gasteiger partial charge in [-0.1, -0.05) is 22.6 Å². The summed E-state index contributed by atoms with van der Waals surface area (Å²) < 4.78 is 0.410. The minimum Gasteiger partial charge on any atom is -0.368 e. The zero-order valence-corrected chi connectivity index (χ0v) is 8.74. The van der Waals surface area contributed by atoms with Crippen molar-refractivity contribution in [2.75, 3.05) is 6.54 Å². The number of nitrogens with zero attached hydrogens (tertiary/aromatic N) is 1. The Bertz CT molecular complexity index is 161. The lowest BCUT2D eigenvalue weighted by atomic mass is 10.2. The normalized spacial score (nSPS) is 28.7. The summed E-state index contributed by atoms with van der Waals surface area (Å²) in [4.78, 5) is 13.0. The standard InChI is InChI=1S/C7H13IN2O/c1-5(8)10-4-2-3-6(10)7(9)11/h5-6H,2-4H2,1H3,(H2,9,11). The molecule has 0 radical (unpaired) electrons. The minimum atomic E-state index is -0.175. The van der Waals surface area contributed by atoms with E-state index in [1.54, 1.807) is 0 Å². The number of halogens is 1. The molecule has 1 rings (SSSR count). The molecule has 0 bridgehead atoms. The van der Waals surface area contributed by atoms with Crippen LogP contribution in [0.1, 0.15) is 19.8 Å². The van der Waals surface area contributed by atoms with Crippen LogP contribution in [0.25, 0.3) is 0 Å². The van der Waals surface area contributed by atoms with Gasteiger partial charge in [0.05, 0.1) is 10.1 Å². The number of likely N-dealkylation sites (tertiary alicyclic amines) is 1. The Morgan fingerprint density at radius 3 is 2.82 bits per heavy atom. The fourth-order valence-corrected chi connectivity index (χ4v) is 2.19. The van der Waals surface area contributed by atoms with Crippen LogP contribution < -0.4 is 5.73 Å². The number of amides is 1. The summed E-state index contributed by atoms with van der Waals surface area (Å²) >= 11 is 2.31. The molecule has 1 saturated heterocycles. The van der Waals surface area contributed by atoms with Gasteiger partial charge < -0.3 is 5.73 Å².